The molecule has 0 saturated carbocycles. The fourth-order valence-electron chi connectivity index (χ4n) is 5.54. The van der Waals surface area contributed by atoms with Gasteiger partial charge in [-0.05, 0) is 48.2 Å². The van der Waals surface area contributed by atoms with Gasteiger partial charge in [0.15, 0.2) is 0 Å². The number of aromatic nitrogens is 2. The number of carbonyl (C=O) groups is 1. The van der Waals surface area contributed by atoms with Crippen molar-refractivity contribution < 1.29 is 4.79 Å². The normalized spacial score (nSPS) is 23.0. The molecule has 5 heterocycles. The van der Waals surface area contributed by atoms with Crippen LogP contribution >= 0.6 is 11.6 Å². The van der Waals surface area contributed by atoms with E-state index in [4.69, 9.17) is 11.6 Å². The monoisotopic (exact) mass is 458 g/mol. The van der Waals surface area contributed by atoms with E-state index in [1.807, 2.05) is 51.9 Å². The van der Waals surface area contributed by atoms with E-state index in [0.29, 0.717) is 29.1 Å². The first-order valence-electron chi connectivity index (χ1n) is 11.2. The Bertz CT molecular complexity index is 1330. The molecule has 1 aromatic carbocycles. The lowest BCUT2D eigenvalue weighted by molar-refractivity contribution is -0.113. The highest BCUT2D eigenvalue weighted by Crippen LogP contribution is 2.41. The fourth-order valence-corrected chi connectivity index (χ4v) is 5.71. The Morgan fingerprint density at radius 3 is 2.82 bits per heavy atom. The highest BCUT2D eigenvalue weighted by atomic mass is 35.5. The highest BCUT2D eigenvalue weighted by Gasteiger charge is 2.38. The molecule has 3 aliphatic heterocycles. The predicted octanol–water partition coefficient (Wildman–Crippen LogP) is 3.86. The van der Waals surface area contributed by atoms with E-state index < -0.39 is 0 Å². The van der Waals surface area contributed by atoms with Crippen LogP contribution in [0.1, 0.15) is 29.2 Å². The van der Waals surface area contributed by atoms with Gasteiger partial charge in [0.2, 0.25) is 0 Å². The SMILES string of the molecule is O=C1C(=Cc2cccnc2)c2ccc(Cl)cc2N1CN1C[C@@H]2C[C@@H](C1)c1cccc(=O)n1C2. The number of nitrogens with zero attached hydrogens (tertiary/aromatic N) is 4. The van der Waals surface area contributed by atoms with Gasteiger partial charge in [-0.1, -0.05) is 29.8 Å². The molecule has 0 radical (unpaired) electrons. The molecule has 6 rings (SSSR count). The number of benzene rings is 1. The lowest BCUT2D eigenvalue weighted by Crippen LogP contribution is -2.50. The third kappa shape index (κ3) is 3.59. The summed E-state index contributed by atoms with van der Waals surface area (Å²) in [6.07, 6.45) is 6.46. The number of piperidine rings is 1. The molecule has 1 saturated heterocycles. The van der Waals surface area contributed by atoms with Crippen LogP contribution in [-0.2, 0) is 11.3 Å². The van der Waals surface area contributed by atoms with Crippen molar-refractivity contribution >= 4 is 34.8 Å². The number of carbonyl (C=O) groups excluding carboxylic acids is 1. The lowest BCUT2D eigenvalue weighted by atomic mass is 9.83. The number of anilines is 1. The van der Waals surface area contributed by atoms with Crippen LogP contribution in [0.3, 0.4) is 0 Å². The molecule has 1 fully saturated rings. The summed E-state index contributed by atoms with van der Waals surface area (Å²) in [5.41, 5.74) is 4.47. The topological polar surface area (TPSA) is 58.4 Å². The molecule has 0 aliphatic carbocycles. The highest BCUT2D eigenvalue weighted by molar-refractivity contribution is 6.37. The van der Waals surface area contributed by atoms with E-state index in [1.165, 1.54) is 0 Å². The van der Waals surface area contributed by atoms with E-state index in [9.17, 15) is 9.59 Å². The Morgan fingerprint density at radius 1 is 1.06 bits per heavy atom. The molecule has 0 spiro atoms. The third-order valence-electron chi connectivity index (χ3n) is 6.91. The number of halogens is 1. The Hall–Kier alpha value is -3.22. The molecule has 33 heavy (non-hydrogen) atoms. The summed E-state index contributed by atoms with van der Waals surface area (Å²) < 4.78 is 1.93. The summed E-state index contributed by atoms with van der Waals surface area (Å²) in [4.78, 5) is 34.2. The van der Waals surface area contributed by atoms with Crippen LogP contribution in [0.4, 0.5) is 5.69 Å². The summed E-state index contributed by atoms with van der Waals surface area (Å²) in [5.74, 6) is 0.676. The van der Waals surface area contributed by atoms with Crippen molar-refractivity contribution in [3.8, 4) is 0 Å². The third-order valence-corrected chi connectivity index (χ3v) is 7.14. The predicted molar refractivity (Wildman–Crippen MR) is 129 cm³/mol. The molecular formula is C26H23ClN4O2. The lowest BCUT2D eigenvalue weighted by Gasteiger charge is -2.43. The van der Waals surface area contributed by atoms with Crippen LogP contribution in [-0.4, -0.2) is 40.1 Å². The minimum atomic E-state index is -0.0246. The molecular weight excluding hydrogens is 436 g/mol. The number of pyridine rings is 2. The van der Waals surface area contributed by atoms with E-state index in [0.717, 1.165) is 48.6 Å². The van der Waals surface area contributed by atoms with Crippen LogP contribution in [0.25, 0.3) is 11.6 Å². The van der Waals surface area contributed by atoms with Crippen molar-refractivity contribution in [3.05, 3.63) is 93.1 Å². The maximum atomic E-state index is 13.6. The average molecular weight is 459 g/mol. The van der Waals surface area contributed by atoms with E-state index in [-0.39, 0.29) is 11.5 Å². The first-order chi connectivity index (χ1) is 16.1. The van der Waals surface area contributed by atoms with Crippen LogP contribution in [0, 0.1) is 5.92 Å². The van der Waals surface area contributed by atoms with E-state index >= 15 is 0 Å². The summed E-state index contributed by atoms with van der Waals surface area (Å²) in [7, 11) is 0. The molecule has 2 atom stereocenters. The van der Waals surface area contributed by atoms with Gasteiger partial charge in [-0.3, -0.25) is 24.4 Å². The van der Waals surface area contributed by atoms with Crippen molar-refractivity contribution in [2.45, 2.75) is 18.9 Å². The Balaban J connectivity index is 1.31. The summed E-state index contributed by atoms with van der Waals surface area (Å²) >= 11 is 6.32. The first-order valence-corrected chi connectivity index (χ1v) is 11.6. The number of fused-ring (bicyclic) bond motifs is 5. The van der Waals surface area contributed by atoms with E-state index in [2.05, 4.69) is 16.0 Å². The van der Waals surface area contributed by atoms with Crippen molar-refractivity contribution in [1.82, 2.24) is 14.5 Å². The zero-order valence-corrected chi connectivity index (χ0v) is 18.8. The quantitative estimate of drug-likeness (QED) is 0.559. The van der Waals surface area contributed by atoms with Gasteiger partial charge in [-0.25, -0.2) is 0 Å². The second-order valence-electron chi connectivity index (χ2n) is 9.11. The van der Waals surface area contributed by atoms with Crippen molar-refractivity contribution in [1.29, 1.82) is 0 Å². The Morgan fingerprint density at radius 2 is 1.97 bits per heavy atom. The smallest absolute Gasteiger partial charge is 0.260 e. The molecule has 0 unspecified atom stereocenters. The van der Waals surface area contributed by atoms with Gasteiger partial charge in [0.1, 0.15) is 0 Å². The van der Waals surface area contributed by atoms with Crippen LogP contribution in [0.2, 0.25) is 5.02 Å². The second kappa shape index (κ2) is 7.97. The summed E-state index contributed by atoms with van der Waals surface area (Å²) in [5, 5.41) is 0.609. The Labute approximate surface area is 196 Å². The van der Waals surface area contributed by atoms with Gasteiger partial charge >= 0.3 is 0 Å². The van der Waals surface area contributed by atoms with E-state index in [1.54, 1.807) is 18.5 Å². The maximum Gasteiger partial charge on any atom is 0.260 e. The molecule has 7 heteroatoms. The number of amides is 1. The zero-order chi connectivity index (χ0) is 22.5. The number of likely N-dealkylation sites (tertiary alicyclic amines) is 1. The summed E-state index contributed by atoms with van der Waals surface area (Å²) in [6.45, 7) is 2.92. The standard InChI is InChI=1S/C26H23ClN4O2/c27-20-6-7-21-22(10-17-3-2-8-28-12-17)26(33)31(24(21)11-20)16-29-13-18-9-19(15-29)23-4-1-5-25(32)30(23)14-18/h1-8,10-12,18-19H,9,13-16H2/t18-,19-/m0/s1. The zero-order valence-electron chi connectivity index (χ0n) is 18.0. The largest absolute Gasteiger partial charge is 0.312 e. The average Bonchev–Trinajstić information content (AvgIpc) is 3.06. The minimum absolute atomic E-state index is 0.0246. The summed E-state index contributed by atoms with van der Waals surface area (Å²) in [6, 6.07) is 15.0. The molecule has 166 valence electrons. The van der Waals surface area contributed by atoms with Gasteiger partial charge in [0.05, 0.1) is 12.4 Å². The van der Waals surface area contributed by atoms with Crippen molar-refractivity contribution in [2.75, 3.05) is 24.7 Å². The molecule has 0 N–H and O–H groups in total. The Kier molecular flexibility index (Phi) is 4.93. The van der Waals surface area contributed by atoms with Crippen LogP contribution in [0.5, 0.6) is 0 Å². The molecule has 3 aromatic rings. The van der Waals surface area contributed by atoms with Gasteiger partial charge < -0.3 is 4.57 Å². The molecule has 6 nitrogen and oxygen atoms in total. The number of rotatable bonds is 3. The number of hydrogen-bond donors (Lipinski definition) is 0. The number of hydrogen-bond acceptors (Lipinski definition) is 4. The first kappa shape index (κ1) is 20.4. The second-order valence-corrected chi connectivity index (χ2v) is 9.55. The maximum absolute atomic E-state index is 13.6. The van der Waals surface area contributed by atoms with Crippen molar-refractivity contribution in [2.24, 2.45) is 5.92 Å². The van der Waals surface area contributed by atoms with Gasteiger partial charge in [-0.15, -0.1) is 0 Å². The molecule has 2 aromatic heterocycles. The van der Waals surface area contributed by atoms with Crippen LogP contribution in [0.15, 0.2) is 65.7 Å². The van der Waals surface area contributed by atoms with Crippen LogP contribution < -0.4 is 10.5 Å². The molecule has 3 aliphatic rings. The minimum Gasteiger partial charge on any atom is -0.312 e. The van der Waals surface area contributed by atoms with Gasteiger partial charge in [-0.2, -0.15) is 0 Å². The van der Waals surface area contributed by atoms with Gasteiger partial charge in [0, 0.05) is 65.9 Å². The fraction of sp³-hybridized carbons (Fsp3) is 0.269. The molecule has 1 amide bonds. The van der Waals surface area contributed by atoms with Crippen molar-refractivity contribution in [3.63, 3.8) is 0 Å². The van der Waals surface area contributed by atoms with Gasteiger partial charge in [0.25, 0.3) is 11.5 Å². The molecule has 2 bridgehead atoms.